The van der Waals surface area contributed by atoms with E-state index in [2.05, 4.69) is 10.1 Å². The van der Waals surface area contributed by atoms with E-state index >= 15 is 0 Å². The highest BCUT2D eigenvalue weighted by Crippen LogP contribution is 2.31. The van der Waals surface area contributed by atoms with Gasteiger partial charge < -0.3 is 0 Å². The molecule has 0 bridgehead atoms. The molecule has 2 aromatic carbocycles. The van der Waals surface area contributed by atoms with Gasteiger partial charge in [0.15, 0.2) is 0 Å². The number of rotatable bonds is 4. The van der Waals surface area contributed by atoms with Crippen LogP contribution in [-0.4, -0.2) is 14.8 Å². The summed E-state index contributed by atoms with van der Waals surface area (Å²) in [5, 5.41) is 4.58. The maximum Gasteiger partial charge on any atom is 0.137 e. The van der Waals surface area contributed by atoms with Gasteiger partial charge in [-0.15, -0.1) is 0 Å². The quantitative estimate of drug-likeness (QED) is 0.675. The Labute approximate surface area is 132 Å². The van der Waals surface area contributed by atoms with Gasteiger partial charge in [0.05, 0.1) is 11.6 Å². The summed E-state index contributed by atoms with van der Waals surface area (Å²) >= 11 is 6.55. The molecule has 5 heteroatoms. The van der Waals surface area contributed by atoms with E-state index in [-0.39, 0.29) is 5.82 Å². The molecule has 0 unspecified atom stereocenters. The lowest BCUT2D eigenvalue weighted by atomic mass is 10.0. The normalized spacial score (nSPS) is 12.1. The molecule has 0 saturated heterocycles. The first-order valence-electron chi connectivity index (χ1n) is 6.77. The van der Waals surface area contributed by atoms with E-state index < -0.39 is 0 Å². The SMILES string of the molecule is Fc1ccccc1/C(Cn1cncn1)=C(\Cl)c1ccccc1. The second-order valence-electron chi connectivity index (χ2n) is 4.73. The van der Waals surface area contributed by atoms with Gasteiger partial charge in [-0.1, -0.05) is 60.1 Å². The largest absolute Gasteiger partial charge is 0.248 e. The van der Waals surface area contributed by atoms with Crippen LogP contribution in [0.15, 0.2) is 67.3 Å². The molecule has 1 aromatic heterocycles. The second kappa shape index (κ2) is 6.54. The van der Waals surface area contributed by atoms with Crippen LogP contribution in [0.4, 0.5) is 4.39 Å². The van der Waals surface area contributed by atoms with Crippen LogP contribution in [0.25, 0.3) is 10.6 Å². The Morgan fingerprint density at radius 3 is 2.45 bits per heavy atom. The monoisotopic (exact) mass is 313 g/mol. The predicted octanol–water partition coefficient (Wildman–Crippen LogP) is 4.22. The summed E-state index contributed by atoms with van der Waals surface area (Å²) in [6.07, 6.45) is 3.02. The standard InChI is InChI=1S/C17H13ClFN3/c18-17(13-6-2-1-3-7-13)15(10-22-12-20-11-21-22)14-8-4-5-9-16(14)19/h1-9,11-12H,10H2/b17-15-. The van der Waals surface area contributed by atoms with Gasteiger partial charge >= 0.3 is 0 Å². The van der Waals surface area contributed by atoms with Gasteiger partial charge in [0.1, 0.15) is 18.5 Å². The lowest BCUT2D eigenvalue weighted by Gasteiger charge is -2.12. The molecular formula is C17H13ClFN3. The topological polar surface area (TPSA) is 30.7 Å². The molecule has 0 aliphatic heterocycles. The fourth-order valence-electron chi connectivity index (χ4n) is 2.21. The van der Waals surface area contributed by atoms with Crippen molar-refractivity contribution < 1.29 is 4.39 Å². The molecule has 1 heterocycles. The highest BCUT2D eigenvalue weighted by Gasteiger charge is 2.14. The molecule has 22 heavy (non-hydrogen) atoms. The molecule has 110 valence electrons. The summed E-state index contributed by atoms with van der Waals surface area (Å²) in [6, 6.07) is 16.1. The smallest absolute Gasteiger partial charge is 0.137 e. The van der Waals surface area contributed by atoms with Gasteiger partial charge in [0, 0.05) is 11.1 Å². The summed E-state index contributed by atoms with van der Waals surface area (Å²) in [5.41, 5.74) is 1.96. The molecule has 3 nitrogen and oxygen atoms in total. The van der Waals surface area contributed by atoms with E-state index in [4.69, 9.17) is 11.6 Å². The lowest BCUT2D eigenvalue weighted by Crippen LogP contribution is -2.04. The van der Waals surface area contributed by atoms with Crippen molar-refractivity contribution in [3.63, 3.8) is 0 Å². The molecular weight excluding hydrogens is 301 g/mol. The highest BCUT2D eigenvalue weighted by atomic mass is 35.5. The third kappa shape index (κ3) is 3.07. The number of benzene rings is 2. The Bertz CT molecular complexity index is 783. The van der Waals surface area contributed by atoms with E-state index in [1.54, 1.807) is 29.2 Å². The fraction of sp³-hybridized carbons (Fsp3) is 0.0588. The van der Waals surface area contributed by atoms with Crippen molar-refractivity contribution in [1.82, 2.24) is 14.8 Å². The molecule has 0 aliphatic carbocycles. The third-order valence-corrected chi connectivity index (χ3v) is 3.72. The average Bonchev–Trinajstić information content (AvgIpc) is 3.07. The van der Waals surface area contributed by atoms with Crippen molar-refractivity contribution in [2.75, 3.05) is 0 Å². The van der Waals surface area contributed by atoms with Crippen LogP contribution in [0, 0.1) is 5.82 Å². The van der Waals surface area contributed by atoms with Crippen LogP contribution in [0.3, 0.4) is 0 Å². The summed E-state index contributed by atoms with van der Waals surface area (Å²) in [4.78, 5) is 3.92. The zero-order chi connectivity index (χ0) is 15.4. The van der Waals surface area contributed by atoms with Crippen molar-refractivity contribution in [2.45, 2.75) is 6.54 Å². The maximum absolute atomic E-state index is 14.2. The van der Waals surface area contributed by atoms with Gasteiger partial charge in [-0.05, 0) is 11.6 Å². The first kappa shape index (κ1) is 14.5. The first-order valence-corrected chi connectivity index (χ1v) is 7.15. The van der Waals surface area contributed by atoms with E-state index in [0.717, 1.165) is 5.56 Å². The minimum atomic E-state index is -0.313. The van der Waals surface area contributed by atoms with Crippen molar-refractivity contribution >= 4 is 22.2 Å². The maximum atomic E-state index is 14.2. The number of halogens is 2. The predicted molar refractivity (Wildman–Crippen MR) is 85.5 cm³/mol. The fourth-order valence-corrected chi connectivity index (χ4v) is 2.50. The van der Waals surface area contributed by atoms with E-state index in [1.165, 1.54) is 12.4 Å². The van der Waals surface area contributed by atoms with Crippen LogP contribution < -0.4 is 0 Å². The summed E-state index contributed by atoms with van der Waals surface area (Å²) in [7, 11) is 0. The van der Waals surface area contributed by atoms with Gasteiger partial charge in [-0.3, -0.25) is 0 Å². The first-order chi connectivity index (χ1) is 10.8. The van der Waals surface area contributed by atoms with Crippen molar-refractivity contribution in [2.24, 2.45) is 0 Å². The summed E-state index contributed by atoms with van der Waals surface area (Å²) < 4.78 is 15.8. The van der Waals surface area contributed by atoms with Gasteiger partial charge in [-0.25, -0.2) is 14.1 Å². The third-order valence-electron chi connectivity index (χ3n) is 3.28. The van der Waals surface area contributed by atoms with Crippen molar-refractivity contribution in [3.05, 3.63) is 84.2 Å². The molecule has 0 fully saturated rings. The highest BCUT2D eigenvalue weighted by molar-refractivity contribution is 6.52. The Hall–Kier alpha value is -2.46. The Morgan fingerprint density at radius 1 is 1.05 bits per heavy atom. The Kier molecular flexibility index (Phi) is 4.30. The zero-order valence-corrected chi connectivity index (χ0v) is 12.4. The molecule has 0 amide bonds. The molecule has 0 saturated carbocycles. The van der Waals surface area contributed by atoms with E-state index in [0.29, 0.717) is 22.7 Å². The number of hydrogen-bond donors (Lipinski definition) is 0. The molecule has 0 N–H and O–H groups in total. The summed E-state index contributed by atoms with van der Waals surface area (Å²) in [6.45, 7) is 0.342. The van der Waals surface area contributed by atoms with Crippen LogP contribution in [0.5, 0.6) is 0 Å². The minimum Gasteiger partial charge on any atom is -0.248 e. The van der Waals surface area contributed by atoms with Crippen LogP contribution in [0.2, 0.25) is 0 Å². The van der Waals surface area contributed by atoms with Gasteiger partial charge in [0.25, 0.3) is 0 Å². The average molecular weight is 314 g/mol. The van der Waals surface area contributed by atoms with Crippen molar-refractivity contribution in [3.8, 4) is 0 Å². The van der Waals surface area contributed by atoms with E-state index in [9.17, 15) is 4.39 Å². The molecule has 0 radical (unpaired) electrons. The molecule has 0 aliphatic rings. The second-order valence-corrected chi connectivity index (χ2v) is 5.11. The van der Waals surface area contributed by atoms with Gasteiger partial charge in [-0.2, -0.15) is 5.10 Å². The van der Waals surface area contributed by atoms with Crippen LogP contribution >= 0.6 is 11.6 Å². The molecule has 3 aromatic rings. The van der Waals surface area contributed by atoms with Gasteiger partial charge in [0.2, 0.25) is 0 Å². The lowest BCUT2D eigenvalue weighted by molar-refractivity contribution is 0.620. The molecule has 0 atom stereocenters. The number of aromatic nitrogens is 3. The zero-order valence-electron chi connectivity index (χ0n) is 11.7. The Balaban J connectivity index is 2.13. The van der Waals surface area contributed by atoms with Crippen LogP contribution in [-0.2, 0) is 6.54 Å². The number of hydrogen-bond acceptors (Lipinski definition) is 2. The van der Waals surface area contributed by atoms with Crippen molar-refractivity contribution in [1.29, 1.82) is 0 Å². The number of allylic oxidation sites excluding steroid dienone is 1. The molecule has 3 rings (SSSR count). The Morgan fingerprint density at radius 2 is 1.77 bits per heavy atom. The molecule has 0 spiro atoms. The van der Waals surface area contributed by atoms with E-state index in [1.807, 2.05) is 30.3 Å². The minimum absolute atomic E-state index is 0.313. The summed E-state index contributed by atoms with van der Waals surface area (Å²) in [5.74, 6) is -0.313. The van der Waals surface area contributed by atoms with Crippen LogP contribution in [0.1, 0.15) is 11.1 Å². The number of nitrogens with zero attached hydrogens (tertiary/aromatic N) is 3.